The number of carboxylic acid groups (broad SMARTS) is 2. The number of nitrogens with two attached hydrogens (primary N) is 1. The van der Waals surface area contributed by atoms with Gasteiger partial charge in [0.2, 0.25) is 0 Å². The first kappa shape index (κ1) is 137. The number of hydrogen-bond acceptors (Lipinski definition) is 15. The quantitative estimate of drug-likeness (QED) is 0.00809. The van der Waals surface area contributed by atoms with Crippen molar-refractivity contribution in [2.24, 2.45) is 0 Å². The summed E-state index contributed by atoms with van der Waals surface area (Å²) in [7, 11) is -2.96. The molecule has 4 aromatic rings. The molecule has 0 aliphatic rings. The second-order valence-corrected chi connectivity index (χ2v) is 1060. The van der Waals surface area contributed by atoms with Crippen LogP contribution < -0.4 is 40.3 Å². The van der Waals surface area contributed by atoms with Gasteiger partial charge in [-0.1, -0.05) is 0 Å². The average molecular weight is 6870 g/mol. The van der Waals surface area contributed by atoms with Crippen molar-refractivity contribution in [3.8, 4) is 0 Å². The number of halogens is 49. The van der Waals surface area contributed by atoms with Crippen LogP contribution in [0.2, 0.25) is 0 Å². The van der Waals surface area contributed by atoms with E-state index in [1.54, 1.807) is 0 Å². The third kappa shape index (κ3) is 56.1. The summed E-state index contributed by atoms with van der Waals surface area (Å²) in [6.07, 6.45) is 0. The fourth-order valence-electron chi connectivity index (χ4n) is 4.92. The van der Waals surface area contributed by atoms with Gasteiger partial charge in [0.25, 0.3) is 51.2 Å². The van der Waals surface area contributed by atoms with Gasteiger partial charge in [0.1, 0.15) is 0 Å². The van der Waals surface area contributed by atoms with E-state index in [0.29, 0.717) is 30.1 Å². The number of nitrogen functional groups attached to an aromatic ring is 1. The number of non-ortho nitro benzene ring substituents is 3. The largest absolute Gasteiger partial charge is 0.478 e. The molecule has 0 atom stereocenters. The fraction of sp³-hybridized carbons (Fsp3) is 0.111. The molecule has 0 spiro atoms. The molecule has 0 aromatic heterocycles. The standard InChI is InChI=1S/C10H11N3O4.C10H13N3O2.C8H3Cl2NO4.C8H5NO6.I24.I23/c1-11-9(14)6-3-7(10(15)12-2)5-8(4-6)13(16)17;1-12-9(14)6-3-7(10(15)13-2)5-8(11)4-6;9-7(12)4-1-5(8(10)13)3-6(2-4)11(14)15;10-7(11)4-1-5(8(12)13)3-6(2-4)9(14)15;1-14(2)16(5)18(7)20(9)22(11)24(13)23(12)21(10)19(8)17(6)15(3)4;1-13-15(4)17(6)19(8)21(10)23(12)22(11)20(9)18(7)16(5)14(2)3/h3-5H,1-2H3,(H,11,14)(H,12,15);3-5H,11H2,1-2H3,(H,12,14)(H,13,15);1-3H;1-3H,(H,10,11)(H,12,13);;/q;;;;;-1. The number of rotatable bonds is 31. The fourth-order valence-corrected chi connectivity index (χ4v) is 7340. The zero-order valence-electron chi connectivity index (χ0n) is 50.0. The second kappa shape index (κ2) is 77.3. The van der Waals surface area contributed by atoms with Gasteiger partial charge in [-0.25, -0.2) is 9.59 Å². The van der Waals surface area contributed by atoms with Gasteiger partial charge in [-0.15, -0.1) is 0 Å². The number of benzene rings is 4. The molecular formula is C36H32Cl2I47N8O16-. The number of carboxylic acids is 2. The maximum atomic E-state index is 11.4. The van der Waals surface area contributed by atoms with Crippen LogP contribution in [-0.4, -0.2) is 99.2 Å². The number of hydrogen-bond donors (Lipinski definition) is 7. The number of carbonyl (C=O) groups excluding carboxylic acids is 6. The molecule has 24 nitrogen and oxygen atoms in total. The van der Waals surface area contributed by atoms with E-state index in [2.05, 4.69) is 487 Å². The Bertz CT molecular complexity index is 3400. The van der Waals surface area contributed by atoms with Crippen LogP contribution in [0.4, 0.5) is 22.7 Å². The van der Waals surface area contributed by atoms with Crippen LogP contribution in [0, 0.1) is 30.3 Å². The van der Waals surface area contributed by atoms with E-state index >= 15 is 0 Å². The van der Waals surface area contributed by atoms with Crippen LogP contribution in [0.1, 0.15) is 82.9 Å². The first-order chi connectivity index (χ1) is 50.2. The summed E-state index contributed by atoms with van der Waals surface area (Å²) >= 11 is 88.0. The Morgan fingerprint density at radius 1 is 0.330 bits per heavy atom. The van der Waals surface area contributed by atoms with Crippen molar-refractivity contribution in [2.45, 2.75) is 0 Å². The minimum Gasteiger partial charge on any atom is -0.478 e. The Balaban J connectivity index is 0. The number of amides is 4. The molecule has 0 unspecified atom stereocenters. The zero-order valence-corrected chi connectivity index (χ0v) is 153. The Labute approximate surface area is 962 Å². The van der Waals surface area contributed by atoms with Crippen molar-refractivity contribution in [2.75, 3.05) is 33.9 Å². The van der Waals surface area contributed by atoms with Gasteiger partial charge in [-0.05, 0) is 59.6 Å². The Morgan fingerprint density at radius 2 is 0.505 bits per heavy atom. The topological polar surface area (TPSA) is 381 Å². The number of nitro groups is 3. The molecule has 8 N–H and O–H groups in total. The van der Waals surface area contributed by atoms with Crippen molar-refractivity contribution in [1.29, 1.82) is 0 Å². The molecular weight excluding hydrogens is 6840 g/mol. The summed E-state index contributed by atoms with van der Waals surface area (Å²) in [5, 5.41) is 56.5. The number of nitrogens with one attached hydrogen (secondary N) is 4. The number of carbonyl (C=O) groups is 8. The van der Waals surface area contributed by atoms with Crippen LogP contribution in [0.15, 0.2) is 72.8 Å². The summed E-state index contributed by atoms with van der Waals surface area (Å²) in [5.41, 5.74) is 4.43. The molecule has 0 saturated carbocycles. The monoisotopic (exact) mass is 6870 g/mol. The van der Waals surface area contributed by atoms with Crippen molar-refractivity contribution < 1.29 is 76.6 Å². The Hall–Kier alpha value is 25.9. The summed E-state index contributed by atoms with van der Waals surface area (Å²) < 4.78 is 0. The minimum absolute atomic E-state index is 0.0697. The maximum Gasteiger partial charge on any atom is 0.335 e. The molecule has 656 valence electrons. The van der Waals surface area contributed by atoms with Crippen LogP contribution in [0.25, 0.3) is 0 Å². The van der Waals surface area contributed by atoms with E-state index in [1.165, 1.54) is 52.5 Å². The number of anilines is 1. The molecule has 0 heterocycles. The number of nitro benzene ring substituents is 3. The predicted octanol–water partition coefficient (Wildman–Crippen LogP) is 41.4. The van der Waals surface area contributed by atoms with E-state index in [4.69, 9.17) is 39.1 Å². The average Bonchev–Trinajstić information content (AvgIpc) is 0.867. The molecule has 4 amide bonds. The van der Waals surface area contributed by atoms with Gasteiger partial charge in [-0.3, -0.25) is 59.1 Å². The smallest absolute Gasteiger partial charge is 0.335 e. The normalized spacial score (nSPS) is 13.2. The maximum absolute atomic E-state index is 11.4. The Morgan fingerprint density at radius 3 is 0.688 bits per heavy atom. The van der Waals surface area contributed by atoms with E-state index in [1.807, 2.05) is 0 Å². The van der Waals surface area contributed by atoms with Crippen LogP contribution in [-0.2, 0) is 0 Å². The first-order valence-corrected chi connectivity index (χ1v) is 306. The molecule has 0 saturated heterocycles. The van der Waals surface area contributed by atoms with Gasteiger partial charge < -0.3 is 37.2 Å². The van der Waals surface area contributed by atoms with Gasteiger partial charge in [0.15, 0.2) is 0 Å². The van der Waals surface area contributed by atoms with Gasteiger partial charge >= 0.3 is 656 Å². The summed E-state index contributed by atoms with van der Waals surface area (Å²) in [4.78, 5) is 117. The molecule has 0 bridgehead atoms. The summed E-state index contributed by atoms with van der Waals surface area (Å²) in [5.74, 6) is -4.35. The van der Waals surface area contributed by atoms with E-state index in [0.717, 1.165) is 48.5 Å². The molecule has 0 fully saturated rings. The predicted molar refractivity (Wildman–Crippen MR) is 863 cm³/mol. The van der Waals surface area contributed by atoms with E-state index in [-0.39, 0.29) is 55.5 Å². The van der Waals surface area contributed by atoms with Crippen LogP contribution in [0.5, 0.6) is 0 Å². The molecule has 4 rings (SSSR count). The van der Waals surface area contributed by atoms with Crippen LogP contribution >= 0.6 is 654 Å². The van der Waals surface area contributed by atoms with Crippen molar-refractivity contribution >= 4 is 723 Å². The number of aromatic carboxylic acids is 2. The molecule has 4 aromatic carbocycles. The zero-order chi connectivity index (χ0) is 85.4. The van der Waals surface area contributed by atoms with Crippen molar-refractivity contribution in [1.82, 2.24) is 21.3 Å². The number of nitrogens with zero attached hydrogens (tertiary/aromatic N) is 3. The summed E-state index contributed by atoms with van der Waals surface area (Å²) in [6, 6.07) is 13.6. The third-order valence-electron chi connectivity index (χ3n) is 8.84. The first-order valence-electron chi connectivity index (χ1n) is 22.9. The van der Waals surface area contributed by atoms with E-state index < -0.39 is 222 Å². The summed E-state index contributed by atoms with van der Waals surface area (Å²) in [6.45, 7) is 0. The molecule has 0 aliphatic carbocycles. The minimum atomic E-state index is -1.42. The molecule has 109 heavy (non-hydrogen) atoms. The Kier molecular flexibility index (Phi) is 97.2. The van der Waals surface area contributed by atoms with Crippen molar-refractivity contribution in [3.05, 3.63) is 148 Å². The van der Waals surface area contributed by atoms with Gasteiger partial charge in [-0.2, -0.15) is 0 Å². The molecule has 73 heteroatoms. The van der Waals surface area contributed by atoms with Gasteiger partial charge in [0, 0.05) is 104 Å². The van der Waals surface area contributed by atoms with Gasteiger partial charge in [0.05, 0.1) is 25.9 Å². The molecule has 0 radical (unpaired) electrons. The molecule has 0 aliphatic heterocycles. The third-order valence-corrected chi connectivity index (χ3v) is 3230. The van der Waals surface area contributed by atoms with Crippen LogP contribution in [0.3, 0.4) is 0 Å². The van der Waals surface area contributed by atoms with Crippen molar-refractivity contribution in [3.63, 3.8) is 0 Å². The SMILES string of the molecule is CNC(=O)c1cc(C(=O)NC)cc([N+](=O)[O-])c1.CNC(=O)c1cc(N)cc(C(=O)NC)c1.II(I)I(I)I(I)I(I)I(I)I(I)I(I)I(I)I(I)I(I)I(I)I.I[I-]I(I)I(I)I(I)I(I)I(I)I(I)I(I)I(I)I(I)I(I)I.O=C(Cl)c1cc(C(=O)Cl)cc([N+](=O)[O-])c1.O=C(O)c1cc(C(=O)O)cc([N+](=O)[O-])c1. The van der Waals surface area contributed by atoms with E-state index in [9.17, 15) is 68.7 Å². The second-order valence-electron chi connectivity index (χ2n) is 14.9.